The SMILES string of the molecule is CCCNC(Cc1cccc(Cl)c1Cl)C1CCCCS1. The lowest BCUT2D eigenvalue weighted by atomic mass is 9.99. The van der Waals surface area contributed by atoms with Gasteiger partial charge in [-0.2, -0.15) is 11.8 Å². The Balaban J connectivity index is 2.07. The molecule has 1 aromatic carbocycles. The number of hydrogen-bond acceptors (Lipinski definition) is 2. The van der Waals surface area contributed by atoms with E-state index in [1.807, 2.05) is 12.1 Å². The Morgan fingerprint density at radius 1 is 1.35 bits per heavy atom. The monoisotopic (exact) mass is 331 g/mol. The van der Waals surface area contributed by atoms with Crippen LogP contribution in [0.3, 0.4) is 0 Å². The molecule has 0 amide bonds. The highest BCUT2D eigenvalue weighted by Crippen LogP contribution is 2.32. The highest BCUT2D eigenvalue weighted by Gasteiger charge is 2.24. The molecule has 4 heteroatoms. The Hall–Kier alpha value is 0.110. The Labute approximate surface area is 136 Å². The maximum Gasteiger partial charge on any atom is 0.0624 e. The van der Waals surface area contributed by atoms with Crippen LogP contribution in [0, 0.1) is 0 Å². The number of rotatable bonds is 6. The summed E-state index contributed by atoms with van der Waals surface area (Å²) in [5, 5.41) is 5.79. The van der Waals surface area contributed by atoms with Gasteiger partial charge in [-0.05, 0) is 49.6 Å². The molecule has 0 bridgehead atoms. The molecule has 1 aliphatic rings. The first-order chi connectivity index (χ1) is 9.72. The van der Waals surface area contributed by atoms with Crippen LogP contribution < -0.4 is 5.32 Å². The molecule has 20 heavy (non-hydrogen) atoms. The lowest BCUT2D eigenvalue weighted by Gasteiger charge is -2.31. The summed E-state index contributed by atoms with van der Waals surface area (Å²) < 4.78 is 0. The van der Waals surface area contributed by atoms with E-state index in [1.165, 1.54) is 30.6 Å². The third kappa shape index (κ3) is 4.56. The van der Waals surface area contributed by atoms with Crippen LogP contribution in [-0.4, -0.2) is 23.6 Å². The van der Waals surface area contributed by atoms with Crippen LogP contribution in [0.4, 0.5) is 0 Å². The molecule has 0 spiro atoms. The fraction of sp³-hybridized carbons (Fsp3) is 0.625. The predicted molar refractivity (Wildman–Crippen MR) is 92.3 cm³/mol. The van der Waals surface area contributed by atoms with Gasteiger partial charge in [0.25, 0.3) is 0 Å². The van der Waals surface area contributed by atoms with Crippen molar-refractivity contribution in [3.8, 4) is 0 Å². The molecule has 1 nitrogen and oxygen atoms in total. The van der Waals surface area contributed by atoms with E-state index in [0.717, 1.165) is 24.4 Å². The van der Waals surface area contributed by atoms with Crippen LogP contribution >= 0.6 is 35.0 Å². The zero-order valence-electron chi connectivity index (χ0n) is 12.0. The largest absolute Gasteiger partial charge is 0.313 e. The molecule has 0 radical (unpaired) electrons. The van der Waals surface area contributed by atoms with Gasteiger partial charge in [0.05, 0.1) is 10.0 Å². The molecule has 2 unspecified atom stereocenters. The zero-order chi connectivity index (χ0) is 14.4. The number of hydrogen-bond donors (Lipinski definition) is 1. The highest BCUT2D eigenvalue weighted by atomic mass is 35.5. The molecule has 2 atom stereocenters. The van der Waals surface area contributed by atoms with Crippen LogP contribution in [-0.2, 0) is 6.42 Å². The lowest BCUT2D eigenvalue weighted by molar-refractivity contribution is 0.461. The lowest BCUT2D eigenvalue weighted by Crippen LogP contribution is -2.41. The van der Waals surface area contributed by atoms with Gasteiger partial charge in [-0.15, -0.1) is 0 Å². The summed E-state index contributed by atoms with van der Waals surface area (Å²) in [4.78, 5) is 0. The van der Waals surface area contributed by atoms with Crippen LogP contribution in [0.2, 0.25) is 10.0 Å². The Kier molecular flexibility index (Phi) is 7.03. The second kappa shape index (κ2) is 8.53. The molecule has 1 aromatic rings. The topological polar surface area (TPSA) is 12.0 Å². The van der Waals surface area contributed by atoms with Gasteiger partial charge in [-0.3, -0.25) is 0 Å². The number of benzene rings is 1. The standard InChI is InChI=1S/C16H23Cl2NS/c1-2-9-19-14(15-8-3-4-10-20-15)11-12-6-5-7-13(17)16(12)18/h5-7,14-15,19H,2-4,8-11H2,1H3. The molecule has 1 heterocycles. The average molecular weight is 332 g/mol. The highest BCUT2D eigenvalue weighted by molar-refractivity contribution is 8.00. The van der Waals surface area contributed by atoms with Gasteiger partial charge in [-0.1, -0.05) is 48.7 Å². The van der Waals surface area contributed by atoms with E-state index < -0.39 is 0 Å². The maximum atomic E-state index is 6.34. The molecular weight excluding hydrogens is 309 g/mol. The molecule has 1 aliphatic heterocycles. The van der Waals surface area contributed by atoms with Crippen molar-refractivity contribution in [2.24, 2.45) is 0 Å². The second-order valence-electron chi connectivity index (χ2n) is 5.38. The van der Waals surface area contributed by atoms with Crippen molar-refractivity contribution in [1.82, 2.24) is 5.32 Å². The van der Waals surface area contributed by atoms with Crippen LogP contribution in [0.25, 0.3) is 0 Å². The molecule has 1 fully saturated rings. The van der Waals surface area contributed by atoms with Crippen molar-refractivity contribution in [2.75, 3.05) is 12.3 Å². The van der Waals surface area contributed by atoms with Crippen LogP contribution in [0.15, 0.2) is 18.2 Å². The van der Waals surface area contributed by atoms with Crippen molar-refractivity contribution in [2.45, 2.75) is 50.3 Å². The minimum Gasteiger partial charge on any atom is -0.313 e. The fourth-order valence-electron chi connectivity index (χ4n) is 2.69. The van der Waals surface area contributed by atoms with Crippen molar-refractivity contribution in [3.05, 3.63) is 33.8 Å². The van der Waals surface area contributed by atoms with Crippen molar-refractivity contribution in [3.63, 3.8) is 0 Å². The molecule has 1 saturated heterocycles. The van der Waals surface area contributed by atoms with E-state index in [2.05, 4.69) is 30.1 Å². The van der Waals surface area contributed by atoms with E-state index in [9.17, 15) is 0 Å². The van der Waals surface area contributed by atoms with Crippen LogP contribution in [0.1, 0.15) is 38.2 Å². The second-order valence-corrected chi connectivity index (χ2v) is 7.51. The van der Waals surface area contributed by atoms with Gasteiger partial charge in [0, 0.05) is 11.3 Å². The smallest absolute Gasteiger partial charge is 0.0624 e. The Bertz CT molecular complexity index is 419. The van der Waals surface area contributed by atoms with Gasteiger partial charge in [0.15, 0.2) is 0 Å². The van der Waals surface area contributed by atoms with Crippen molar-refractivity contribution < 1.29 is 0 Å². The fourth-order valence-corrected chi connectivity index (χ4v) is 4.52. The predicted octanol–water partition coefficient (Wildman–Crippen LogP) is 5.19. The van der Waals surface area contributed by atoms with E-state index in [0.29, 0.717) is 16.3 Å². The molecular formula is C16H23Cl2NS. The first kappa shape index (κ1) is 16.5. The first-order valence-electron chi connectivity index (χ1n) is 7.50. The summed E-state index contributed by atoms with van der Waals surface area (Å²) >= 11 is 14.6. The summed E-state index contributed by atoms with van der Waals surface area (Å²) in [6.45, 7) is 3.28. The summed E-state index contributed by atoms with van der Waals surface area (Å²) in [6, 6.07) is 6.45. The maximum absolute atomic E-state index is 6.34. The first-order valence-corrected chi connectivity index (χ1v) is 9.30. The summed E-state index contributed by atoms with van der Waals surface area (Å²) in [5.41, 5.74) is 1.17. The van der Waals surface area contributed by atoms with Crippen LogP contribution in [0.5, 0.6) is 0 Å². The Morgan fingerprint density at radius 2 is 2.20 bits per heavy atom. The summed E-state index contributed by atoms with van der Waals surface area (Å²) in [5.74, 6) is 1.29. The quantitative estimate of drug-likeness (QED) is 0.769. The van der Waals surface area contributed by atoms with E-state index in [-0.39, 0.29) is 0 Å². The third-order valence-corrected chi connectivity index (χ3v) is 6.17. The molecule has 112 valence electrons. The van der Waals surface area contributed by atoms with Gasteiger partial charge in [0.1, 0.15) is 0 Å². The minimum absolute atomic E-state index is 0.496. The number of nitrogens with one attached hydrogen (secondary N) is 1. The number of halogens is 2. The normalized spacial score (nSPS) is 20.9. The molecule has 1 N–H and O–H groups in total. The van der Waals surface area contributed by atoms with E-state index in [4.69, 9.17) is 23.2 Å². The van der Waals surface area contributed by atoms with Gasteiger partial charge in [-0.25, -0.2) is 0 Å². The van der Waals surface area contributed by atoms with Gasteiger partial charge >= 0.3 is 0 Å². The minimum atomic E-state index is 0.496. The molecule has 0 aromatic heterocycles. The molecule has 0 saturated carbocycles. The van der Waals surface area contributed by atoms with Crippen molar-refractivity contribution in [1.29, 1.82) is 0 Å². The van der Waals surface area contributed by atoms with E-state index in [1.54, 1.807) is 0 Å². The third-order valence-electron chi connectivity index (χ3n) is 3.79. The molecule has 0 aliphatic carbocycles. The van der Waals surface area contributed by atoms with Gasteiger partial charge < -0.3 is 5.32 Å². The summed E-state index contributed by atoms with van der Waals surface area (Å²) in [6.07, 6.45) is 6.16. The zero-order valence-corrected chi connectivity index (χ0v) is 14.3. The average Bonchev–Trinajstić information content (AvgIpc) is 2.48. The Morgan fingerprint density at radius 3 is 2.90 bits per heavy atom. The van der Waals surface area contributed by atoms with Crippen molar-refractivity contribution >= 4 is 35.0 Å². The molecule has 2 rings (SSSR count). The number of thioether (sulfide) groups is 1. The summed E-state index contributed by atoms with van der Waals surface area (Å²) in [7, 11) is 0. The van der Waals surface area contributed by atoms with Gasteiger partial charge in [0.2, 0.25) is 0 Å². The van der Waals surface area contributed by atoms with E-state index >= 15 is 0 Å².